The van der Waals surface area contributed by atoms with E-state index in [1.54, 1.807) is 7.05 Å². The summed E-state index contributed by atoms with van der Waals surface area (Å²) in [4.78, 5) is 11.8. The predicted molar refractivity (Wildman–Crippen MR) is 77.3 cm³/mol. The van der Waals surface area contributed by atoms with Crippen LogP contribution in [-0.2, 0) is 11.8 Å². The summed E-state index contributed by atoms with van der Waals surface area (Å²) in [5, 5.41) is 14.5. The van der Waals surface area contributed by atoms with Crippen molar-refractivity contribution in [1.82, 2.24) is 20.2 Å². The lowest BCUT2D eigenvalue weighted by Gasteiger charge is -2.06. The van der Waals surface area contributed by atoms with Gasteiger partial charge in [-0.05, 0) is 45.2 Å². The third kappa shape index (κ3) is 3.42. The molecule has 1 aromatic carbocycles. The number of thioether (sulfide) groups is 1. The van der Waals surface area contributed by atoms with E-state index >= 15 is 0 Å². The summed E-state index contributed by atoms with van der Waals surface area (Å²) in [6.07, 6.45) is 0. The fourth-order valence-corrected chi connectivity index (χ4v) is 2.39. The zero-order valence-electron chi connectivity index (χ0n) is 9.50. The zero-order valence-corrected chi connectivity index (χ0v) is 12.5. The standard InChI is InChI=1S/C10H10IN5OS/c1-16-10(13-14-15-16)18-6-9(17)12-8-5-3-2-4-7(8)11/h2-5H,6H2,1H3,(H,12,17). The van der Waals surface area contributed by atoms with Crippen molar-refractivity contribution in [2.45, 2.75) is 5.16 Å². The van der Waals surface area contributed by atoms with Gasteiger partial charge >= 0.3 is 0 Å². The smallest absolute Gasteiger partial charge is 0.234 e. The Morgan fingerprint density at radius 3 is 2.94 bits per heavy atom. The maximum atomic E-state index is 11.8. The molecule has 1 aromatic heterocycles. The van der Waals surface area contributed by atoms with Gasteiger partial charge in [-0.15, -0.1) is 5.10 Å². The average Bonchev–Trinajstić information content (AvgIpc) is 2.75. The number of halogens is 1. The molecule has 2 rings (SSSR count). The molecule has 6 nitrogen and oxygen atoms in total. The number of rotatable bonds is 4. The molecule has 94 valence electrons. The van der Waals surface area contributed by atoms with E-state index in [0.717, 1.165) is 9.26 Å². The Kier molecular flexibility index (Phi) is 4.53. The van der Waals surface area contributed by atoms with Crippen molar-refractivity contribution < 1.29 is 4.79 Å². The van der Waals surface area contributed by atoms with Gasteiger partial charge in [0.2, 0.25) is 11.1 Å². The number of carbonyl (C=O) groups is 1. The number of hydrogen-bond acceptors (Lipinski definition) is 5. The second-order valence-electron chi connectivity index (χ2n) is 3.40. The number of benzene rings is 1. The Morgan fingerprint density at radius 1 is 1.50 bits per heavy atom. The summed E-state index contributed by atoms with van der Waals surface area (Å²) in [6.45, 7) is 0. The fourth-order valence-electron chi connectivity index (χ4n) is 1.22. The number of anilines is 1. The molecular formula is C10H10IN5OS. The molecule has 0 unspecified atom stereocenters. The molecule has 2 aromatic rings. The third-order valence-electron chi connectivity index (χ3n) is 2.06. The van der Waals surface area contributed by atoms with E-state index < -0.39 is 0 Å². The number of hydrogen-bond donors (Lipinski definition) is 1. The second-order valence-corrected chi connectivity index (χ2v) is 5.51. The van der Waals surface area contributed by atoms with Crippen LogP contribution in [0.25, 0.3) is 0 Å². The third-order valence-corrected chi connectivity index (χ3v) is 4.01. The van der Waals surface area contributed by atoms with Crippen molar-refractivity contribution >= 4 is 45.9 Å². The average molecular weight is 375 g/mol. The van der Waals surface area contributed by atoms with Crippen LogP contribution in [0.1, 0.15) is 0 Å². The highest BCUT2D eigenvalue weighted by Crippen LogP contribution is 2.18. The fraction of sp³-hybridized carbons (Fsp3) is 0.200. The van der Waals surface area contributed by atoms with E-state index in [2.05, 4.69) is 43.4 Å². The molecule has 0 saturated carbocycles. The number of nitrogens with one attached hydrogen (secondary N) is 1. The molecular weight excluding hydrogens is 365 g/mol. The monoisotopic (exact) mass is 375 g/mol. The van der Waals surface area contributed by atoms with Crippen molar-refractivity contribution in [2.75, 3.05) is 11.1 Å². The Balaban J connectivity index is 1.90. The normalized spacial score (nSPS) is 10.3. The van der Waals surface area contributed by atoms with Crippen molar-refractivity contribution in [3.8, 4) is 0 Å². The first-order valence-corrected chi connectivity index (χ1v) is 7.13. The highest BCUT2D eigenvalue weighted by molar-refractivity contribution is 14.1. The molecule has 0 fully saturated rings. The largest absolute Gasteiger partial charge is 0.324 e. The van der Waals surface area contributed by atoms with E-state index in [0.29, 0.717) is 5.16 Å². The molecule has 0 atom stereocenters. The van der Waals surface area contributed by atoms with Crippen LogP contribution < -0.4 is 5.32 Å². The lowest BCUT2D eigenvalue weighted by Crippen LogP contribution is -2.15. The van der Waals surface area contributed by atoms with Crippen molar-refractivity contribution in [3.63, 3.8) is 0 Å². The lowest BCUT2D eigenvalue weighted by molar-refractivity contribution is -0.113. The van der Waals surface area contributed by atoms with Crippen LogP contribution in [0.2, 0.25) is 0 Å². The van der Waals surface area contributed by atoms with E-state index in [1.165, 1.54) is 16.4 Å². The van der Waals surface area contributed by atoms with Crippen LogP contribution in [0.5, 0.6) is 0 Å². The second kappa shape index (κ2) is 6.14. The molecule has 1 N–H and O–H groups in total. The van der Waals surface area contributed by atoms with Crippen LogP contribution in [0.15, 0.2) is 29.4 Å². The van der Waals surface area contributed by atoms with Gasteiger partial charge in [-0.1, -0.05) is 23.9 Å². The number of nitrogens with zero attached hydrogens (tertiary/aromatic N) is 4. The van der Waals surface area contributed by atoms with Crippen LogP contribution in [0.4, 0.5) is 5.69 Å². The molecule has 0 aliphatic carbocycles. The lowest BCUT2D eigenvalue weighted by atomic mass is 10.3. The molecule has 0 saturated heterocycles. The van der Waals surface area contributed by atoms with Crippen molar-refractivity contribution in [3.05, 3.63) is 27.8 Å². The minimum absolute atomic E-state index is 0.0767. The van der Waals surface area contributed by atoms with E-state index in [-0.39, 0.29) is 11.7 Å². The minimum Gasteiger partial charge on any atom is -0.324 e. The number of tetrazole rings is 1. The summed E-state index contributed by atoms with van der Waals surface area (Å²) in [7, 11) is 1.74. The van der Waals surface area contributed by atoms with E-state index in [9.17, 15) is 4.79 Å². The van der Waals surface area contributed by atoms with Gasteiger partial charge in [0.1, 0.15) is 0 Å². The van der Waals surface area contributed by atoms with Gasteiger partial charge in [-0.3, -0.25) is 4.79 Å². The molecule has 1 amide bonds. The van der Waals surface area contributed by atoms with Gasteiger partial charge in [0.05, 0.1) is 11.4 Å². The highest BCUT2D eigenvalue weighted by Gasteiger charge is 2.08. The Morgan fingerprint density at radius 2 is 2.28 bits per heavy atom. The summed E-state index contributed by atoms with van der Waals surface area (Å²) >= 11 is 3.48. The topological polar surface area (TPSA) is 72.7 Å². The van der Waals surface area contributed by atoms with Gasteiger partial charge in [-0.25, -0.2) is 4.68 Å². The summed E-state index contributed by atoms with van der Waals surface area (Å²) in [5.74, 6) is 0.200. The van der Waals surface area contributed by atoms with Crippen LogP contribution in [0, 0.1) is 3.57 Å². The predicted octanol–water partition coefficient (Wildman–Crippen LogP) is 1.55. The first-order chi connectivity index (χ1) is 8.66. The Labute approximate surface area is 122 Å². The van der Waals surface area contributed by atoms with Crippen LogP contribution >= 0.6 is 34.4 Å². The van der Waals surface area contributed by atoms with Gasteiger partial charge in [0.15, 0.2) is 0 Å². The SMILES string of the molecule is Cn1nnnc1SCC(=O)Nc1ccccc1I. The molecule has 1 heterocycles. The number of para-hydroxylation sites is 1. The molecule has 0 aliphatic rings. The molecule has 18 heavy (non-hydrogen) atoms. The zero-order chi connectivity index (χ0) is 13.0. The summed E-state index contributed by atoms with van der Waals surface area (Å²) in [5.41, 5.74) is 0.819. The molecule has 0 bridgehead atoms. The van der Waals surface area contributed by atoms with E-state index in [1.807, 2.05) is 24.3 Å². The van der Waals surface area contributed by atoms with Gasteiger partial charge in [-0.2, -0.15) is 0 Å². The van der Waals surface area contributed by atoms with Crippen molar-refractivity contribution in [1.29, 1.82) is 0 Å². The van der Waals surface area contributed by atoms with Crippen molar-refractivity contribution in [2.24, 2.45) is 7.05 Å². The number of carbonyl (C=O) groups excluding carboxylic acids is 1. The minimum atomic E-state index is -0.0767. The number of aryl methyl sites for hydroxylation is 1. The Bertz CT molecular complexity index is 559. The number of aromatic nitrogens is 4. The van der Waals surface area contributed by atoms with E-state index in [4.69, 9.17) is 0 Å². The quantitative estimate of drug-likeness (QED) is 0.649. The molecule has 0 radical (unpaired) electrons. The summed E-state index contributed by atoms with van der Waals surface area (Å²) < 4.78 is 2.54. The summed E-state index contributed by atoms with van der Waals surface area (Å²) in [6, 6.07) is 7.62. The number of amides is 1. The van der Waals surface area contributed by atoms with Gasteiger partial charge in [0, 0.05) is 10.6 Å². The maximum Gasteiger partial charge on any atom is 0.234 e. The van der Waals surface area contributed by atoms with Crippen LogP contribution in [0.3, 0.4) is 0 Å². The molecule has 0 spiro atoms. The van der Waals surface area contributed by atoms with Crippen LogP contribution in [-0.4, -0.2) is 31.9 Å². The van der Waals surface area contributed by atoms with Gasteiger partial charge in [0.25, 0.3) is 0 Å². The first-order valence-electron chi connectivity index (χ1n) is 5.06. The first kappa shape index (κ1) is 13.3. The maximum absolute atomic E-state index is 11.8. The molecule has 0 aliphatic heterocycles. The molecule has 8 heteroatoms. The highest BCUT2D eigenvalue weighted by atomic mass is 127. The van der Waals surface area contributed by atoms with Gasteiger partial charge < -0.3 is 5.32 Å². The Hall–Kier alpha value is -1.16.